The van der Waals surface area contributed by atoms with Gasteiger partial charge in [0, 0.05) is 5.39 Å². The fraction of sp³-hybridized carbons (Fsp3) is 0.400. The second kappa shape index (κ2) is 7.84. The quantitative estimate of drug-likeness (QED) is 0.783. The fourth-order valence-corrected chi connectivity index (χ4v) is 2.56. The van der Waals surface area contributed by atoms with E-state index in [-0.39, 0.29) is 12.3 Å². The number of esters is 1. The minimum Gasteiger partial charge on any atom is -0.467 e. The molecular formula is C15H18N2O4S. The molecule has 1 amide bonds. The third kappa shape index (κ3) is 4.00. The second-order valence-corrected chi connectivity index (χ2v) is 5.71. The number of benzene rings is 1. The number of thioether (sulfide) groups is 1. The Morgan fingerprint density at radius 3 is 2.91 bits per heavy atom. The summed E-state index contributed by atoms with van der Waals surface area (Å²) in [5, 5.41) is 7.41. The van der Waals surface area contributed by atoms with Crippen molar-refractivity contribution < 1.29 is 18.8 Å². The number of carbonyl (C=O) groups is 2. The van der Waals surface area contributed by atoms with E-state index in [1.165, 1.54) is 7.11 Å². The van der Waals surface area contributed by atoms with Crippen LogP contribution >= 0.6 is 11.8 Å². The molecule has 2 aromatic rings. The molecule has 0 radical (unpaired) electrons. The number of methoxy groups -OCH3 is 1. The number of amides is 1. The smallest absolute Gasteiger partial charge is 0.328 e. The molecule has 0 aliphatic rings. The molecular weight excluding hydrogens is 304 g/mol. The van der Waals surface area contributed by atoms with Gasteiger partial charge in [0.15, 0.2) is 5.58 Å². The maximum Gasteiger partial charge on any atom is 0.328 e. The highest BCUT2D eigenvalue weighted by molar-refractivity contribution is 7.98. The number of nitrogens with one attached hydrogen (secondary N) is 1. The van der Waals surface area contributed by atoms with E-state index in [4.69, 9.17) is 9.26 Å². The highest BCUT2D eigenvalue weighted by Gasteiger charge is 2.22. The third-order valence-corrected chi connectivity index (χ3v) is 3.86. The lowest BCUT2D eigenvalue weighted by Crippen LogP contribution is -2.42. The molecule has 0 saturated carbocycles. The predicted octanol–water partition coefficient (Wildman–Crippen LogP) is 1.78. The Morgan fingerprint density at radius 1 is 1.41 bits per heavy atom. The maximum absolute atomic E-state index is 12.1. The highest BCUT2D eigenvalue weighted by Crippen LogP contribution is 2.18. The second-order valence-electron chi connectivity index (χ2n) is 4.73. The van der Waals surface area contributed by atoms with Crippen LogP contribution in [0.4, 0.5) is 0 Å². The van der Waals surface area contributed by atoms with Gasteiger partial charge in [-0.15, -0.1) is 0 Å². The summed E-state index contributed by atoms with van der Waals surface area (Å²) in [5.41, 5.74) is 1.19. The van der Waals surface area contributed by atoms with Crippen LogP contribution in [0.1, 0.15) is 12.1 Å². The van der Waals surface area contributed by atoms with Crippen LogP contribution in [-0.4, -0.2) is 42.2 Å². The summed E-state index contributed by atoms with van der Waals surface area (Å²) < 4.78 is 9.88. The summed E-state index contributed by atoms with van der Waals surface area (Å²) in [6.07, 6.45) is 2.53. The van der Waals surface area contributed by atoms with Crippen molar-refractivity contribution in [3.05, 3.63) is 30.0 Å². The van der Waals surface area contributed by atoms with Crippen molar-refractivity contribution in [3.8, 4) is 0 Å². The Hall–Kier alpha value is -2.02. The Labute approximate surface area is 132 Å². The SMILES string of the molecule is COC(=O)[C@H](CCSC)NC(=O)Cc1noc2ccccc12. The van der Waals surface area contributed by atoms with E-state index >= 15 is 0 Å². The summed E-state index contributed by atoms with van der Waals surface area (Å²) in [6.45, 7) is 0. The Bertz CT molecular complexity index is 656. The van der Waals surface area contributed by atoms with Crippen LogP contribution in [0, 0.1) is 0 Å². The van der Waals surface area contributed by atoms with E-state index in [9.17, 15) is 9.59 Å². The van der Waals surface area contributed by atoms with Crippen LogP contribution < -0.4 is 5.32 Å². The van der Waals surface area contributed by atoms with E-state index in [1.807, 2.05) is 24.5 Å². The molecule has 6 nitrogen and oxygen atoms in total. The minimum atomic E-state index is -0.636. The fourth-order valence-electron chi connectivity index (χ4n) is 2.09. The van der Waals surface area contributed by atoms with Gasteiger partial charge in [-0.25, -0.2) is 4.79 Å². The lowest BCUT2D eigenvalue weighted by Gasteiger charge is -2.15. The first-order chi connectivity index (χ1) is 10.7. The molecule has 0 fully saturated rings. The Kier molecular flexibility index (Phi) is 5.83. The lowest BCUT2D eigenvalue weighted by molar-refractivity contribution is -0.145. The third-order valence-electron chi connectivity index (χ3n) is 3.21. The number of aromatic nitrogens is 1. The molecule has 1 aromatic heterocycles. The molecule has 118 valence electrons. The number of hydrogen-bond donors (Lipinski definition) is 1. The zero-order valence-electron chi connectivity index (χ0n) is 12.5. The number of nitrogens with zero attached hydrogens (tertiary/aromatic N) is 1. The van der Waals surface area contributed by atoms with Gasteiger partial charge in [-0.3, -0.25) is 4.79 Å². The summed E-state index contributed by atoms with van der Waals surface area (Å²) in [6, 6.07) is 6.70. The largest absolute Gasteiger partial charge is 0.467 e. The zero-order chi connectivity index (χ0) is 15.9. The first-order valence-corrected chi connectivity index (χ1v) is 8.24. The van der Waals surface area contributed by atoms with E-state index < -0.39 is 12.0 Å². The summed E-state index contributed by atoms with van der Waals surface area (Å²) in [4.78, 5) is 23.8. The number of hydrogen-bond acceptors (Lipinski definition) is 6. The summed E-state index contributed by atoms with van der Waals surface area (Å²) >= 11 is 1.61. The molecule has 0 unspecified atom stereocenters. The van der Waals surface area contributed by atoms with Gasteiger partial charge in [-0.2, -0.15) is 11.8 Å². The van der Waals surface area contributed by atoms with Crippen molar-refractivity contribution in [2.24, 2.45) is 0 Å². The molecule has 2 rings (SSSR count). The maximum atomic E-state index is 12.1. The molecule has 1 N–H and O–H groups in total. The number of fused-ring (bicyclic) bond motifs is 1. The van der Waals surface area contributed by atoms with Gasteiger partial charge in [0.05, 0.1) is 13.5 Å². The van der Waals surface area contributed by atoms with Crippen molar-refractivity contribution in [2.45, 2.75) is 18.9 Å². The normalized spacial score (nSPS) is 12.1. The molecule has 0 bridgehead atoms. The van der Waals surface area contributed by atoms with E-state index in [0.717, 1.165) is 11.1 Å². The molecule has 0 aliphatic heterocycles. The van der Waals surface area contributed by atoms with Gasteiger partial charge in [0.1, 0.15) is 11.7 Å². The van der Waals surface area contributed by atoms with Crippen molar-refractivity contribution in [3.63, 3.8) is 0 Å². The van der Waals surface area contributed by atoms with Crippen molar-refractivity contribution in [1.29, 1.82) is 0 Å². The number of carbonyl (C=O) groups excluding carboxylic acids is 2. The van der Waals surface area contributed by atoms with Crippen LogP contribution in [-0.2, 0) is 20.7 Å². The lowest BCUT2D eigenvalue weighted by atomic mass is 10.1. The summed E-state index contributed by atoms with van der Waals surface area (Å²) in [7, 11) is 1.31. The molecule has 1 atom stereocenters. The molecule has 0 saturated heterocycles. The van der Waals surface area contributed by atoms with Crippen LogP contribution in [0.2, 0.25) is 0 Å². The standard InChI is InChI=1S/C15H18N2O4S/c1-20-15(19)11(7-8-22-2)16-14(18)9-12-10-5-3-4-6-13(10)21-17-12/h3-6,11H,7-9H2,1-2H3,(H,16,18)/t11-/m0/s1. The molecule has 1 heterocycles. The predicted molar refractivity (Wildman–Crippen MR) is 84.7 cm³/mol. The van der Waals surface area contributed by atoms with Crippen molar-refractivity contribution >= 4 is 34.6 Å². The number of para-hydroxylation sites is 1. The zero-order valence-corrected chi connectivity index (χ0v) is 13.3. The van der Waals surface area contributed by atoms with Gasteiger partial charge in [-0.1, -0.05) is 17.3 Å². The van der Waals surface area contributed by atoms with Gasteiger partial charge in [0.2, 0.25) is 5.91 Å². The van der Waals surface area contributed by atoms with Crippen LogP contribution in [0.15, 0.2) is 28.8 Å². The number of ether oxygens (including phenoxy) is 1. The summed E-state index contributed by atoms with van der Waals surface area (Å²) in [5.74, 6) is 0.0374. The topological polar surface area (TPSA) is 81.4 Å². The highest BCUT2D eigenvalue weighted by atomic mass is 32.2. The first kappa shape index (κ1) is 16.4. The number of rotatable bonds is 7. The molecule has 1 aromatic carbocycles. The Balaban J connectivity index is 2.02. The minimum absolute atomic E-state index is 0.0593. The monoisotopic (exact) mass is 322 g/mol. The van der Waals surface area contributed by atoms with Crippen LogP contribution in [0.5, 0.6) is 0 Å². The van der Waals surface area contributed by atoms with E-state index in [1.54, 1.807) is 17.8 Å². The first-order valence-electron chi connectivity index (χ1n) is 6.85. The van der Waals surface area contributed by atoms with Crippen molar-refractivity contribution in [2.75, 3.05) is 19.1 Å². The van der Waals surface area contributed by atoms with Crippen LogP contribution in [0.25, 0.3) is 11.0 Å². The van der Waals surface area contributed by atoms with Gasteiger partial charge < -0.3 is 14.6 Å². The molecule has 0 aliphatic carbocycles. The van der Waals surface area contributed by atoms with Gasteiger partial charge in [0.25, 0.3) is 0 Å². The average Bonchev–Trinajstić information content (AvgIpc) is 2.93. The Morgan fingerprint density at radius 2 is 2.18 bits per heavy atom. The van der Waals surface area contributed by atoms with Gasteiger partial charge in [-0.05, 0) is 30.6 Å². The molecule has 22 heavy (non-hydrogen) atoms. The van der Waals surface area contributed by atoms with E-state index in [2.05, 4.69) is 10.5 Å². The van der Waals surface area contributed by atoms with Crippen molar-refractivity contribution in [1.82, 2.24) is 10.5 Å². The van der Waals surface area contributed by atoms with E-state index in [0.29, 0.717) is 17.7 Å². The molecule has 0 spiro atoms. The van der Waals surface area contributed by atoms with Gasteiger partial charge >= 0.3 is 5.97 Å². The van der Waals surface area contributed by atoms with Crippen LogP contribution in [0.3, 0.4) is 0 Å². The average molecular weight is 322 g/mol. The molecule has 7 heteroatoms.